The summed E-state index contributed by atoms with van der Waals surface area (Å²) in [6.45, 7) is 6.83. The summed E-state index contributed by atoms with van der Waals surface area (Å²) in [4.78, 5) is 23.2. The number of nitrogens with one attached hydrogen (secondary N) is 2. The minimum absolute atomic E-state index is 0.0768. The topological polar surface area (TPSA) is 104 Å². The van der Waals surface area contributed by atoms with Gasteiger partial charge in [-0.15, -0.1) is 0 Å². The number of benzene rings is 1. The van der Waals surface area contributed by atoms with Crippen molar-refractivity contribution >= 4 is 33.3 Å². The third-order valence-corrected chi connectivity index (χ3v) is 7.69. The van der Waals surface area contributed by atoms with Crippen molar-refractivity contribution in [2.24, 2.45) is 5.92 Å². The quantitative estimate of drug-likeness (QED) is 0.498. The summed E-state index contributed by atoms with van der Waals surface area (Å²) in [6, 6.07) is 7.62. The van der Waals surface area contributed by atoms with Gasteiger partial charge in [0.15, 0.2) is 16.7 Å². The smallest absolute Gasteiger partial charge is 0.281 e. The molecule has 3 heterocycles. The molecule has 0 bridgehead atoms. The van der Waals surface area contributed by atoms with E-state index in [0.29, 0.717) is 30.4 Å². The van der Waals surface area contributed by atoms with Crippen LogP contribution < -0.4 is 14.9 Å². The lowest BCUT2D eigenvalue weighted by Gasteiger charge is -2.36. The van der Waals surface area contributed by atoms with Crippen LogP contribution in [0.5, 0.6) is 0 Å². The van der Waals surface area contributed by atoms with Crippen LogP contribution in [0.25, 0.3) is 0 Å². The molecule has 4 rings (SSSR count). The van der Waals surface area contributed by atoms with E-state index in [9.17, 15) is 26.4 Å². The second-order valence-corrected chi connectivity index (χ2v) is 10.7. The van der Waals surface area contributed by atoms with Crippen LogP contribution in [0.3, 0.4) is 0 Å². The van der Waals surface area contributed by atoms with Crippen LogP contribution in [0.4, 0.5) is 30.5 Å². The van der Waals surface area contributed by atoms with Crippen LogP contribution in [-0.4, -0.2) is 36.4 Å². The van der Waals surface area contributed by atoms with Crippen LogP contribution in [0.2, 0.25) is 0 Å². The highest BCUT2D eigenvalue weighted by atomic mass is 32.2. The van der Waals surface area contributed by atoms with Gasteiger partial charge in [-0.3, -0.25) is 4.79 Å². The van der Waals surface area contributed by atoms with E-state index < -0.39 is 44.1 Å². The number of amides is 1. The monoisotopic (exact) mass is 519 g/mol. The number of hydrogen-bond donors (Lipinski definition) is 2. The molecule has 0 radical (unpaired) electrons. The Morgan fingerprint density at radius 2 is 1.81 bits per heavy atom. The van der Waals surface area contributed by atoms with E-state index >= 15 is 0 Å². The molecular formula is C24H24F3N5O3S. The summed E-state index contributed by atoms with van der Waals surface area (Å²) < 4.78 is 69.0. The Labute approximate surface area is 206 Å². The summed E-state index contributed by atoms with van der Waals surface area (Å²) in [5.74, 6) is -3.99. The van der Waals surface area contributed by atoms with Gasteiger partial charge < -0.3 is 10.2 Å². The van der Waals surface area contributed by atoms with E-state index in [0.717, 1.165) is 12.5 Å². The van der Waals surface area contributed by atoms with E-state index in [1.165, 1.54) is 30.5 Å². The maximum absolute atomic E-state index is 14.0. The van der Waals surface area contributed by atoms with Gasteiger partial charge in [0.05, 0.1) is 5.56 Å². The van der Waals surface area contributed by atoms with Gasteiger partial charge in [0, 0.05) is 30.4 Å². The largest absolute Gasteiger partial charge is 0.351 e. The molecule has 1 fully saturated rings. The van der Waals surface area contributed by atoms with Gasteiger partial charge in [-0.05, 0) is 50.5 Å². The van der Waals surface area contributed by atoms with E-state index in [-0.39, 0.29) is 16.9 Å². The number of halogens is 3. The number of hydrogen-bond acceptors (Lipinski definition) is 7. The van der Waals surface area contributed by atoms with Gasteiger partial charge in [0.2, 0.25) is 0 Å². The Morgan fingerprint density at radius 1 is 1.11 bits per heavy atom. The van der Waals surface area contributed by atoms with Crippen molar-refractivity contribution in [2.75, 3.05) is 16.8 Å². The molecule has 1 aliphatic rings. The Morgan fingerprint density at radius 3 is 2.44 bits per heavy atom. The van der Waals surface area contributed by atoms with Gasteiger partial charge in [0.25, 0.3) is 15.9 Å². The van der Waals surface area contributed by atoms with Gasteiger partial charge in [-0.1, -0.05) is 13.0 Å². The Bertz CT molecular complexity index is 1410. The Balaban J connectivity index is 1.59. The standard InChI is InChI=1S/C24H24F3N5O3S/c1-14-9-11-32(24(14,2)3)22-16(6-5-10-28-22)23(33)31-36(34,35)20-8-4-7-19(29-20)30-21-17(26)12-15(25)13-18(21)27/h4-8,10,12-14H,9,11H2,1-3H3,(H,29,30)(H,31,33). The van der Waals surface area contributed by atoms with Crippen LogP contribution in [0, 0.1) is 23.4 Å². The highest BCUT2D eigenvalue weighted by molar-refractivity contribution is 7.90. The molecular weight excluding hydrogens is 495 g/mol. The molecule has 1 aromatic carbocycles. The van der Waals surface area contributed by atoms with E-state index in [2.05, 4.69) is 22.2 Å². The van der Waals surface area contributed by atoms with Gasteiger partial charge in [-0.25, -0.2) is 27.9 Å². The van der Waals surface area contributed by atoms with Crippen LogP contribution in [-0.2, 0) is 10.0 Å². The SMILES string of the molecule is CC1CCN(c2ncccc2C(=O)NS(=O)(=O)c2cccc(Nc3c(F)cc(F)cc3F)n2)C1(C)C. The molecule has 1 aliphatic heterocycles. The summed E-state index contributed by atoms with van der Waals surface area (Å²) in [5, 5.41) is 1.74. The highest BCUT2D eigenvalue weighted by Crippen LogP contribution is 2.38. The first-order valence-corrected chi connectivity index (χ1v) is 12.6. The fourth-order valence-electron chi connectivity index (χ4n) is 4.05. The molecule has 1 atom stereocenters. The summed E-state index contributed by atoms with van der Waals surface area (Å²) in [6.07, 6.45) is 2.42. The number of sulfonamides is 1. The molecule has 0 aliphatic carbocycles. The van der Waals surface area contributed by atoms with E-state index in [4.69, 9.17) is 0 Å². The van der Waals surface area contributed by atoms with Crippen molar-refractivity contribution in [3.8, 4) is 0 Å². The number of aromatic nitrogens is 2. The molecule has 8 nitrogen and oxygen atoms in total. The number of anilines is 3. The molecule has 36 heavy (non-hydrogen) atoms. The molecule has 0 saturated carbocycles. The molecule has 190 valence electrons. The molecule has 3 aromatic rings. The number of nitrogens with zero attached hydrogens (tertiary/aromatic N) is 3. The molecule has 2 aromatic heterocycles. The third kappa shape index (κ3) is 4.85. The zero-order valence-corrected chi connectivity index (χ0v) is 20.5. The maximum atomic E-state index is 14.0. The lowest BCUT2D eigenvalue weighted by molar-refractivity contribution is 0.0981. The lowest BCUT2D eigenvalue weighted by Crippen LogP contribution is -2.43. The van der Waals surface area contributed by atoms with E-state index in [1.54, 1.807) is 0 Å². The second kappa shape index (κ2) is 9.41. The van der Waals surface area contributed by atoms with Crippen molar-refractivity contribution < 1.29 is 26.4 Å². The van der Waals surface area contributed by atoms with Crippen LogP contribution in [0.1, 0.15) is 37.6 Å². The van der Waals surface area contributed by atoms with Crippen molar-refractivity contribution in [1.82, 2.24) is 14.7 Å². The number of rotatable bonds is 6. The molecule has 1 unspecified atom stereocenters. The average Bonchev–Trinajstić information content (AvgIpc) is 3.08. The van der Waals surface area contributed by atoms with Crippen molar-refractivity contribution in [3.05, 3.63) is 71.7 Å². The van der Waals surface area contributed by atoms with Gasteiger partial charge in [0.1, 0.15) is 23.1 Å². The highest BCUT2D eigenvalue weighted by Gasteiger charge is 2.40. The predicted octanol–water partition coefficient (Wildman–Crippen LogP) is 4.38. The fourth-order valence-corrected chi connectivity index (χ4v) is 4.99. The predicted molar refractivity (Wildman–Crippen MR) is 128 cm³/mol. The van der Waals surface area contributed by atoms with Crippen molar-refractivity contribution in [2.45, 2.75) is 37.8 Å². The van der Waals surface area contributed by atoms with Crippen molar-refractivity contribution in [3.63, 3.8) is 0 Å². The molecule has 2 N–H and O–H groups in total. The van der Waals surface area contributed by atoms with Gasteiger partial charge in [-0.2, -0.15) is 8.42 Å². The summed E-state index contributed by atoms with van der Waals surface area (Å²) >= 11 is 0. The minimum atomic E-state index is -4.47. The third-order valence-electron chi connectivity index (χ3n) is 6.46. The van der Waals surface area contributed by atoms with Crippen LogP contribution in [0.15, 0.2) is 53.7 Å². The lowest BCUT2D eigenvalue weighted by atomic mass is 9.90. The normalized spacial score (nSPS) is 17.2. The molecule has 1 amide bonds. The summed E-state index contributed by atoms with van der Waals surface area (Å²) in [5.41, 5.74) is -0.924. The van der Waals surface area contributed by atoms with Gasteiger partial charge >= 0.3 is 0 Å². The van der Waals surface area contributed by atoms with Crippen molar-refractivity contribution in [1.29, 1.82) is 0 Å². The molecule has 1 saturated heterocycles. The van der Waals surface area contributed by atoms with Crippen LogP contribution >= 0.6 is 0 Å². The zero-order valence-electron chi connectivity index (χ0n) is 19.7. The minimum Gasteiger partial charge on any atom is -0.351 e. The first kappa shape index (κ1) is 25.4. The average molecular weight is 520 g/mol. The Kier molecular flexibility index (Phi) is 6.65. The number of carbonyl (C=O) groups excluding carboxylic acids is 1. The first-order valence-electron chi connectivity index (χ1n) is 11.1. The zero-order chi connectivity index (χ0) is 26.3. The number of carbonyl (C=O) groups is 1. The fraction of sp³-hybridized carbons (Fsp3) is 0.292. The molecule has 12 heteroatoms. The Hall–Kier alpha value is -3.67. The second-order valence-electron chi connectivity index (χ2n) is 9.03. The number of pyridine rings is 2. The maximum Gasteiger partial charge on any atom is 0.281 e. The summed E-state index contributed by atoms with van der Waals surface area (Å²) in [7, 11) is -4.47. The first-order chi connectivity index (χ1) is 16.9. The van der Waals surface area contributed by atoms with E-state index in [1.807, 2.05) is 23.5 Å². The molecule has 0 spiro atoms.